The highest BCUT2D eigenvalue weighted by Crippen LogP contribution is 2.30. The van der Waals surface area contributed by atoms with Gasteiger partial charge in [0.15, 0.2) is 0 Å². The van der Waals surface area contributed by atoms with Crippen molar-refractivity contribution in [2.45, 2.75) is 37.8 Å². The van der Waals surface area contributed by atoms with E-state index in [1.165, 1.54) is 18.2 Å². The fourth-order valence-electron chi connectivity index (χ4n) is 4.01. The minimum atomic E-state index is -0.119. The highest BCUT2D eigenvalue weighted by molar-refractivity contribution is 5.84. The molecule has 25 heavy (non-hydrogen) atoms. The zero-order valence-electron chi connectivity index (χ0n) is 14.3. The molecule has 2 aliphatic rings. The van der Waals surface area contributed by atoms with E-state index in [-0.39, 0.29) is 11.9 Å². The SMILES string of the molecule is O=C(NCCOc1ccc2ccccc2c1)C1NNC2CCCCC21. The molecule has 5 nitrogen and oxygen atoms in total. The third-order valence-corrected chi connectivity index (χ3v) is 5.35. The molecule has 1 saturated carbocycles. The number of carbonyl (C=O) groups excluding carboxylic acids is 1. The summed E-state index contributed by atoms with van der Waals surface area (Å²) >= 11 is 0. The first-order valence-corrected chi connectivity index (χ1v) is 9.22. The largest absolute Gasteiger partial charge is 0.492 e. The van der Waals surface area contributed by atoms with Crippen LogP contribution in [0, 0.1) is 5.92 Å². The summed E-state index contributed by atoms with van der Waals surface area (Å²) in [6, 6.07) is 14.6. The van der Waals surface area contributed by atoms with Gasteiger partial charge in [0.1, 0.15) is 18.4 Å². The highest BCUT2D eigenvalue weighted by atomic mass is 16.5. The van der Waals surface area contributed by atoms with Crippen LogP contribution in [0.15, 0.2) is 42.5 Å². The normalized spacial score (nSPS) is 25.5. The Morgan fingerprint density at radius 1 is 1.08 bits per heavy atom. The molecule has 132 valence electrons. The molecule has 2 fully saturated rings. The first kappa shape index (κ1) is 16.4. The van der Waals surface area contributed by atoms with E-state index in [0.29, 0.717) is 25.1 Å². The van der Waals surface area contributed by atoms with Gasteiger partial charge in [0, 0.05) is 12.0 Å². The summed E-state index contributed by atoms with van der Waals surface area (Å²) in [5.41, 5.74) is 6.45. The molecule has 2 aromatic carbocycles. The van der Waals surface area contributed by atoms with Crippen LogP contribution in [0.3, 0.4) is 0 Å². The summed E-state index contributed by atoms with van der Waals surface area (Å²) in [6.07, 6.45) is 4.76. The van der Waals surface area contributed by atoms with Crippen molar-refractivity contribution in [2.24, 2.45) is 5.92 Å². The number of fused-ring (bicyclic) bond motifs is 2. The van der Waals surface area contributed by atoms with Gasteiger partial charge >= 0.3 is 0 Å². The second kappa shape index (κ2) is 7.42. The molecule has 4 rings (SSSR count). The number of hydrogen-bond acceptors (Lipinski definition) is 4. The zero-order valence-corrected chi connectivity index (χ0v) is 14.3. The van der Waals surface area contributed by atoms with Crippen molar-refractivity contribution in [1.82, 2.24) is 16.2 Å². The zero-order chi connectivity index (χ0) is 17.1. The molecule has 0 aromatic heterocycles. The molecule has 0 bridgehead atoms. The summed E-state index contributed by atoms with van der Waals surface area (Å²) in [6.45, 7) is 0.986. The predicted molar refractivity (Wildman–Crippen MR) is 98.3 cm³/mol. The first-order valence-electron chi connectivity index (χ1n) is 9.22. The average Bonchev–Trinajstić information content (AvgIpc) is 3.09. The van der Waals surface area contributed by atoms with E-state index in [9.17, 15) is 4.79 Å². The number of hydrazine groups is 1. The summed E-state index contributed by atoms with van der Waals surface area (Å²) in [4.78, 5) is 12.4. The molecule has 0 radical (unpaired) electrons. The number of rotatable bonds is 5. The van der Waals surface area contributed by atoms with Gasteiger partial charge in [-0.3, -0.25) is 10.2 Å². The summed E-state index contributed by atoms with van der Waals surface area (Å²) in [5, 5.41) is 5.36. The number of ether oxygens (including phenoxy) is 1. The van der Waals surface area contributed by atoms with Crippen LogP contribution in [-0.4, -0.2) is 31.1 Å². The lowest BCUT2D eigenvalue weighted by molar-refractivity contribution is -0.124. The molecule has 1 heterocycles. The van der Waals surface area contributed by atoms with Crippen LogP contribution >= 0.6 is 0 Å². The van der Waals surface area contributed by atoms with Crippen LogP contribution < -0.4 is 20.9 Å². The Kier molecular flexibility index (Phi) is 4.85. The Balaban J connectivity index is 1.25. The second-order valence-electron chi connectivity index (χ2n) is 6.97. The van der Waals surface area contributed by atoms with Crippen molar-refractivity contribution < 1.29 is 9.53 Å². The molecule has 1 amide bonds. The lowest BCUT2D eigenvalue weighted by atomic mass is 9.81. The minimum absolute atomic E-state index is 0.0732. The van der Waals surface area contributed by atoms with E-state index in [4.69, 9.17) is 4.74 Å². The topological polar surface area (TPSA) is 62.4 Å². The smallest absolute Gasteiger partial charge is 0.238 e. The van der Waals surface area contributed by atoms with Crippen LogP contribution in [0.5, 0.6) is 5.75 Å². The van der Waals surface area contributed by atoms with Crippen molar-refractivity contribution >= 4 is 16.7 Å². The van der Waals surface area contributed by atoms with Gasteiger partial charge in [-0.2, -0.15) is 0 Å². The summed E-state index contributed by atoms with van der Waals surface area (Å²) < 4.78 is 5.78. The Hall–Kier alpha value is -2.11. The maximum absolute atomic E-state index is 12.4. The van der Waals surface area contributed by atoms with E-state index >= 15 is 0 Å². The molecular weight excluding hydrogens is 314 g/mol. The number of benzene rings is 2. The van der Waals surface area contributed by atoms with E-state index in [0.717, 1.165) is 24.0 Å². The molecule has 1 saturated heterocycles. The molecule has 3 atom stereocenters. The lowest BCUT2D eigenvalue weighted by Crippen LogP contribution is -2.46. The molecule has 5 heteroatoms. The highest BCUT2D eigenvalue weighted by Gasteiger charge is 2.40. The standard InChI is InChI=1S/C20H25N3O2/c24-20(19-17-7-3-4-8-18(17)22-23-19)21-11-12-25-16-10-9-14-5-1-2-6-15(14)13-16/h1-2,5-6,9-10,13,17-19,22-23H,3-4,7-8,11-12H2,(H,21,24). The summed E-state index contributed by atoms with van der Waals surface area (Å²) in [7, 11) is 0. The number of amides is 1. The van der Waals surface area contributed by atoms with Crippen molar-refractivity contribution in [3.05, 3.63) is 42.5 Å². The minimum Gasteiger partial charge on any atom is -0.492 e. The monoisotopic (exact) mass is 339 g/mol. The van der Waals surface area contributed by atoms with Gasteiger partial charge in [-0.15, -0.1) is 0 Å². The fourth-order valence-corrected chi connectivity index (χ4v) is 4.01. The Bertz CT molecular complexity index is 749. The van der Waals surface area contributed by atoms with Crippen LogP contribution in [0.4, 0.5) is 0 Å². The van der Waals surface area contributed by atoms with Crippen molar-refractivity contribution in [2.75, 3.05) is 13.2 Å². The van der Waals surface area contributed by atoms with E-state index in [1.54, 1.807) is 0 Å². The molecule has 3 N–H and O–H groups in total. The lowest BCUT2D eigenvalue weighted by Gasteiger charge is -2.26. The maximum Gasteiger partial charge on any atom is 0.238 e. The van der Waals surface area contributed by atoms with Gasteiger partial charge in [-0.1, -0.05) is 43.2 Å². The molecule has 1 aliphatic heterocycles. The third-order valence-electron chi connectivity index (χ3n) is 5.35. The van der Waals surface area contributed by atoms with Gasteiger partial charge in [0.25, 0.3) is 0 Å². The fraction of sp³-hybridized carbons (Fsp3) is 0.450. The Labute approximate surface area is 148 Å². The van der Waals surface area contributed by atoms with Gasteiger partial charge in [-0.25, -0.2) is 5.43 Å². The van der Waals surface area contributed by atoms with Crippen LogP contribution in [0.2, 0.25) is 0 Å². The molecular formula is C20H25N3O2. The van der Waals surface area contributed by atoms with Gasteiger partial charge in [0.2, 0.25) is 5.91 Å². The molecule has 3 unspecified atom stereocenters. The van der Waals surface area contributed by atoms with Gasteiger partial charge in [-0.05, 0) is 35.7 Å². The predicted octanol–water partition coefficient (Wildman–Crippen LogP) is 2.37. The maximum atomic E-state index is 12.4. The number of carbonyl (C=O) groups is 1. The van der Waals surface area contributed by atoms with Crippen molar-refractivity contribution in [3.8, 4) is 5.75 Å². The van der Waals surface area contributed by atoms with Crippen LogP contribution in [0.25, 0.3) is 10.8 Å². The molecule has 0 spiro atoms. The summed E-state index contributed by atoms with van der Waals surface area (Å²) in [5.74, 6) is 1.32. The van der Waals surface area contributed by atoms with E-state index in [2.05, 4.69) is 34.4 Å². The number of nitrogens with one attached hydrogen (secondary N) is 3. The average molecular weight is 339 g/mol. The molecule has 1 aliphatic carbocycles. The first-order chi connectivity index (χ1) is 12.3. The van der Waals surface area contributed by atoms with Crippen LogP contribution in [-0.2, 0) is 4.79 Å². The van der Waals surface area contributed by atoms with Gasteiger partial charge < -0.3 is 10.1 Å². The van der Waals surface area contributed by atoms with E-state index in [1.807, 2.05) is 24.3 Å². The second-order valence-corrected chi connectivity index (χ2v) is 6.97. The number of hydrogen-bond donors (Lipinski definition) is 3. The van der Waals surface area contributed by atoms with Gasteiger partial charge in [0.05, 0.1) is 6.54 Å². The van der Waals surface area contributed by atoms with Crippen LogP contribution in [0.1, 0.15) is 25.7 Å². The molecule has 2 aromatic rings. The Morgan fingerprint density at radius 2 is 1.92 bits per heavy atom. The third kappa shape index (κ3) is 3.62. The quantitative estimate of drug-likeness (QED) is 0.732. The van der Waals surface area contributed by atoms with Crippen molar-refractivity contribution in [3.63, 3.8) is 0 Å². The van der Waals surface area contributed by atoms with E-state index < -0.39 is 0 Å². The van der Waals surface area contributed by atoms with Crippen molar-refractivity contribution in [1.29, 1.82) is 0 Å². The Morgan fingerprint density at radius 3 is 2.84 bits per heavy atom.